The van der Waals surface area contributed by atoms with Crippen molar-refractivity contribution in [1.29, 1.82) is 5.26 Å². The van der Waals surface area contributed by atoms with Crippen LogP contribution in [0.2, 0.25) is 0 Å². The number of anilines is 1. The molecule has 110 valence electrons. The molecule has 0 saturated carbocycles. The third-order valence-electron chi connectivity index (χ3n) is 3.55. The Kier molecular flexibility index (Phi) is 3.95. The van der Waals surface area contributed by atoms with Crippen molar-refractivity contribution in [2.45, 2.75) is 0 Å². The zero-order valence-corrected chi connectivity index (χ0v) is 13.0. The van der Waals surface area contributed by atoms with E-state index in [-0.39, 0.29) is 0 Å². The lowest BCUT2D eigenvalue weighted by Gasteiger charge is -2.11. The first-order chi connectivity index (χ1) is 11.2. The molecular weight excluding hydrogens is 282 g/mol. The van der Waals surface area contributed by atoms with E-state index in [2.05, 4.69) is 22.9 Å². The van der Waals surface area contributed by atoms with Gasteiger partial charge in [-0.25, -0.2) is 4.98 Å². The van der Waals surface area contributed by atoms with Crippen LogP contribution in [-0.4, -0.2) is 19.1 Å². The van der Waals surface area contributed by atoms with Gasteiger partial charge in [-0.2, -0.15) is 5.26 Å². The summed E-state index contributed by atoms with van der Waals surface area (Å²) in [4.78, 5) is 6.54. The van der Waals surface area contributed by atoms with Gasteiger partial charge >= 0.3 is 0 Å². The number of nitrogens with zero attached hydrogens (tertiary/aromatic N) is 3. The quantitative estimate of drug-likeness (QED) is 0.645. The van der Waals surface area contributed by atoms with Crippen molar-refractivity contribution < 1.29 is 0 Å². The van der Waals surface area contributed by atoms with Crippen molar-refractivity contribution >= 4 is 16.6 Å². The molecule has 0 amide bonds. The van der Waals surface area contributed by atoms with Crippen molar-refractivity contribution in [3.05, 3.63) is 71.4 Å². The minimum atomic E-state index is 0.501. The van der Waals surface area contributed by atoms with Gasteiger partial charge in [0.2, 0.25) is 0 Å². The number of hydrogen-bond donors (Lipinski definition) is 0. The van der Waals surface area contributed by atoms with E-state index in [1.54, 1.807) is 0 Å². The zero-order chi connectivity index (χ0) is 16.2. The SMILES string of the molecule is CN(C)c1ccc(C#Cc2nc3ccccc3cc2C#N)cc1. The summed E-state index contributed by atoms with van der Waals surface area (Å²) in [5.74, 6) is 6.11. The second-order valence-corrected chi connectivity index (χ2v) is 5.38. The molecule has 0 fully saturated rings. The second-order valence-electron chi connectivity index (χ2n) is 5.38. The lowest BCUT2D eigenvalue weighted by atomic mass is 10.1. The largest absolute Gasteiger partial charge is 0.378 e. The first-order valence-electron chi connectivity index (χ1n) is 7.26. The van der Waals surface area contributed by atoms with Crippen LogP contribution in [0.4, 0.5) is 5.69 Å². The Bertz CT molecular complexity index is 952. The van der Waals surface area contributed by atoms with Gasteiger partial charge in [0.15, 0.2) is 0 Å². The molecule has 3 heteroatoms. The highest BCUT2D eigenvalue weighted by Gasteiger charge is 2.04. The van der Waals surface area contributed by atoms with Crippen LogP contribution < -0.4 is 4.90 Å². The van der Waals surface area contributed by atoms with Crippen molar-refractivity contribution in [2.24, 2.45) is 0 Å². The van der Waals surface area contributed by atoms with E-state index >= 15 is 0 Å². The molecule has 0 N–H and O–H groups in total. The fraction of sp³-hybridized carbons (Fsp3) is 0.100. The summed E-state index contributed by atoms with van der Waals surface area (Å²) in [5, 5.41) is 10.3. The second kappa shape index (κ2) is 6.22. The number of pyridine rings is 1. The third-order valence-corrected chi connectivity index (χ3v) is 3.55. The Morgan fingerprint density at radius 3 is 2.39 bits per heavy atom. The van der Waals surface area contributed by atoms with Crippen molar-refractivity contribution in [2.75, 3.05) is 19.0 Å². The van der Waals surface area contributed by atoms with E-state index in [0.717, 1.165) is 22.2 Å². The fourth-order valence-electron chi connectivity index (χ4n) is 2.27. The van der Waals surface area contributed by atoms with Crippen LogP contribution in [0.25, 0.3) is 10.9 Å². The van der Waals surface area contributed by atoms with Gasteiger partial charge in [0.25, 0.3) is 0 Å². The first kappa shape index (κ1) is 14.6. The summed E-state index contributed by atoms with van der Waals surface area (Å²) in [6, 6.07) is 19.7. The van der Waals surface area contributed by atoms with E-state index in [4.69, 9.17) is 0 Å². The molecule has 0 unspecified atom stereocenters. The van der Waals surface area contributed by atoms with Gasteiger partial charge in [0, 0.05) is 30.7 Å². The molecule has 3 nitrogen and oxygen atoms in total. The van der Waals surface area contributed by atoms with Crippen LogP contribution in [-0.2, 0) is 0 Å². The highest BCUT2D eigenvalue weighted by Crippen LogP contribution is 2.16. The maximum Gasteiger partial charge on any atom is 0.132 e. The Hall–Kier alpha value is -3.30. The fourth-order valence-corrected chi connectivity index (χ4v) is 2.27. The predicted octanol–water partition coefficient (Wildman–Crippen LogP) is 3.57. The van der Waals surface area contributed by atoms with Crippen LogP contribution in [0, 0.1) is 23.2 Å². The molecule has 0 atom stereocenters. The molecule has 23 heavy (non-hydrogen) atoms. The topological polar surface area (TPSA) is 39.9 Å². The molecule has 1 aromatic heterocycles. The number of rotatable bonds is 1. The highest BCUT2D eigenvalue weighted by atomic mass is 15.1. The standard InChI is InChI=1S/C20H15N3/c1-23(2)18-10-7-15(8-11-18)9-12-20-17(14-21)13-16-5-3-4-6-19(16)22-20/h3-8,10-11,13H,1-2H3. The average molecular weight is 297 g/mol. The van der Waals surface area contributed by atoms with E-state index in [1.807, 2.05) is 73.6 Å². The molecule has 0 aliphatic carbocycles. The van der Waals surface area contributed by atoms with Gasteiger partial charge in [-0.1, -0.05) is 24.1 Å². The lowest BCUT2D eigenvalue weighted by molar-refractivity contribution is 1.13. The number of hydrogen-bond acceptors (Lipinski definition) is 3. The van der Waals surface area contributed by atoms with Gasteiger partial charge in [-0.3, -0.25) is 0 Å². The maximum absolute atomic E-state index is 9.31. The van der Waals surface area contributed by atoms with E-state index < -0.39 is 0 Å². The van der Waals surface area contributed by atoms with Crippen LogP contribution in [0.15, 0.2) is 54.6 Å². The van der Waals surface area contributed by atoms with Crippen molar-refractivity contribution in [1.82, 2.24) is 4.98 Å². The minimum Gasteiger partial charge on any atom is -0.378 e. The molecule has 0 radical (unpaired) electrons. The van der Waals surface area contributed by atoms with Crippen molar-refractivity contribution in [3.8, 4) is 17.9 Å². The van der Waals surface area contributed by atoms with Gasteiger partial charge < -0.3 is 4.90 Å². The molecule has 0 saturated heterocycles. The lowest BCUT2D eigenvalue weighted by Crippen LogP contribution is -2.07. The summed E-state index contributed by atoms with van der Waals surface area (Å²) in [6.45, 7) is 0. The molecule has 1 heterocycles. The van der Waals surface area contributed by atoms with Crippen molar-refractivity contribution in [3.63, 3.8) is 0 Å². The Labute approximate surface area is 135 Å². The smallest absolute Gasteiger partial charge is 0.132 e. The Morgan fingerprint density at radius 1 is 0.957 bits per heavy atom. The van der Waals surface area contributed by atoms with Crippen LogP contribution in [0.5, 0.6) is 0 Å². The number of benzene rings is 2. The predicted molar refractivity (Wildman–Crippen MR) is 93.2 cm³/mol. The molecule has 3 aromatic rings. The summed E-state index contributed by atoms with van der Waals surface area (Å²) in [7, 11) is 4.00. The first-order valence-corrected chi connectivity index (χ1v) is 7.26. The average Bonchev–Trinajstić information content (AvgIpc) is 2.59. The van der Waals surface area contributed by atoms with Gasteiger partial charge in [0.05, 0.1) is 11.1 Å². The highest BCUT2D eigenvalue weighted by molar-refractivity contribution is 5.81. The van der Waals surface area contributed by atoms with Crippen LogP contribution in [0.3, 0.4) is 0 Å². The molecule has 2 aromatic carbocycles. The summed E-state index contributed by atoms with van der Waals surface area (Å²) in [5.41, 5.74) is 3.88. The molecule has 0 aliphatic heterocycles. The van der Waals surface area contributed by atoms with Crippen LogP contribution >= 0.6 is 0 Å². The number of para-hydroxylation sites is 1. The molecule has 3 rings (SSSR count). The number of fused-ring (bicyclic) bond motifs is 1. The molecule has 0 spiro atoms. The van der Waals surface area contributed by atoms with E-state index in [1.165, 1.54) is 0 Å². The zero-order valence-electron chi connectivity index (χ0n) is 13.0. The summed E-state index contributed by atoms with van der Waals surface area (Å²) < 4.78 is 0. The maximum atomic E-state index is 9.31. The van der Waals surface area contributed by atoms with Gasteiger partial charge in [0.1, 0.15) is 11.8 Å². The Morgan fingerprint density at radius 2 is 1.70 bits per heavy atom. The van der Waals surface area contributed by atoms with Gasteiger partial charge in [-0.05, 0) is 42.3 Å². The monoisotopic (exact) mass is 297 g/mol. The summed E-state index contributed by atoms with van der Waals surface area (Å²) in [6.07, 6.45) is 0. The Balaban J connectivity index is 2.00. The number of aromatic nitrogens is 1. The number of nitriles is 1. The van der Waals surface area contributed by atoms with E-state index in [0.29, 0.717) is 11.3 Å². The molecular formula is C20H15N3. The molecule has 0 bridgehead atoms. The minimum absolute atomic E-state index is 0.501. The molecule has 0 aliphatic rings. The van der Waals surface area contributed by atoms with E-state index in [9.17, 15) is 5.26 Å². The van der Waals surface area contributed by atoms with Crippen LogP contribution in [0.1, 0.15) is 16.8 Å². The third kappa shape index (κ3) is 3.15. The normalized spacial score (nSPS) is 9.78. The van der Waals surface area contributed by atoms with Gasteiger partial charge in [-0.15, -0.1) is 0 Å². The summed E-state index contributed by atoms with van der Waals surface area (Å²) >= 11 is 0.